The lowest BCUT2D eigenvalue weighted by molar-refractivity contribution is -0.125. The Balaban J connectivity index is 1.74. The van der Waals surface area contributed by atoms with E-state index in [0.29, 0.717) is 29.4 Å². The van der Waals surface area contributed by atoms with Crippen molar-refractivity contribution in [1.29, 1.82) is 0 Å². The van der Waals surface area contributed by atoms with E-state index in [9.17, 15) is 9.59 Å². The largest absolute Gasteiger partial charge is 0.479 e. The maximum Gasteiger partial charge on any atom is 0.323 e. The summed E-state index contributed by atoms with van der Waals surface area (Å²) in [7, 11) is 3.93. The van der Waals surface area contributed by atoms with Crippen molar-refractivity contribution in [2.45, 2.75) is 13.0 Å². The first-order chi connectivity index (χ1) is 12.9. The number of ether oxygens (including phenoxy) is 1. The van der Waals surface area contributed by atoms with Crippen LogP contribution in [0, 0.1) is 0 Å². The highest BCUT2D eigenvalue weighted by Crippen LogP contribution is 2.36. The predicted octanol–water partition coefficient (Wildman–Crippen LogP) is 3.01. The SMILES string of the molecule is CC1Oc2cc(NC(=O)Nc3ccccc3)ccc2N(CCN(C)C)C1=O. The molecule has 1 aliphatic rings. The van der Waals surface area contributed by atoms with Crippen LogP contribution >= 0.6 is 0 Å². The number of benzene rings is 2. The third-order valence-corrected chi connectivity index (χ3v) is 4.23. The van der Waals surface area contributed by atoms with Gasteiger partial charge in [0.25, 0.3) is 5.91 Å². The zero-order valence-corrected chi connectivity index (χ0v) is 15.7. The van der Waals surface area contributed by atoms with Crippen molar-refractivity contribution < 1.29 is 14.3 Å². The Morgan fingerprint density at radius 2 is 1.81 bits per heavy atom. The lowest BCUT2D eigenvalue weighted by atomic mass is 10.1. The van der Waals surface area contributed by atoms with E-state index in [1.54, 1.807) is 30.0 Å². The summed E-state index contributed by atoms with van der Waals surface area (Å²) in [6.07, 6.45) is -0.562. The molecule has 0 bridgehead atoms. The molecule has 0 radical (unpaired) electrons. The highest BCUT2D eigenvalue weighted by molar-refractivity contribution is 6.02. The van der Waals surface area contributed by atoms with Gasteiger partial charge in [-0.25, -0.2) is 4.79 Å². The molecule has 0 spiro atoms. The number of urea groups is 1. The van der Waals surface area contributed by atoms with Gasteiger partial charge in [0, 0.05) is 30.5 Å². The predicted molar refractivity (Wildman–Crippen MR) is 107 cm³/mol. The van der Waals surface area contributed by atoms with E-state index < -0.39 is 6.10 Å². The van der Waals surface area contributed by atoms with E-state index in [4.69, 9.17) is 4.74 Å². The number of rotatable bonds is 5. The summed E-state index contributed by atoms with van der Waals surface area (Å²) in [5, 5.41) is 5.56. The van der Waals surface area contributed by atoms with Crippen LogP contribution in [0.15, 0.2) is 48.5 Å². The van der Waals surface area contributed by atoms with Gasteiger partial charge in [0.2, 0.25) is 0 Å². The minimum absolute atomic E-state index is 0.0631. The van der Waals surface area contributed by atoms with Crippen molar-refractivity contribution in [2.24, 2.45) is 0 Å². The van der Waals surface area contributed by atoms with Gasteiger partial charge >= 0.3 is 6.03 Å². The topological polar surface area (TPSA) is 73.9 Å². The molecule has 7 heteroatoms. The van der Waals surface area contributed by atoms with Gasteiger partial charge in [0.05, 0.1) is 5.69 Å². The molecule has 1 unspecified atom stereocenters. The first kappa shape index (κ1) is 18.7. The van der Waals surface area contributed by atoms with E-state index in [0.717, 1.165) is 6.54 Å². The number of nitrogens with one attached hydrogen (secondary N) is 2. The molecule has 3 amide bonds. The Morgan fingerprint density at radius 3 is 2.52 bits per heavy atom. The minimum Gasteiger partial charge on any atom is -0.479 e. The summed E-state index contributed by atoms with van der Waals surface area (Å²) in [6.45, 7) is 3.06. The van der Waals surface area contributed by atoms with Crippen molar-refractivity contribution in [3.63, 3.8) is 0 Å². The van der Waals surface area contributed by atoms with E-state index in [-0.39, 0.29) is 11.9 Å². The number of anilines is 3. The highest BCUT2D eigenvalue weighted by Gasteiger charge is 2.31. The second-order valence-electron chi connectivity index (χ2n) is 6.68. The summed E-state index contributed by atoms with van der Waals surface area (Å²) >= 11 is 0. The van der Waals surface area contributed by atoms with Gasteiger partial charge in [-0.3, -0.25) is 4.79 Å². The highest BCUT2D eigenvalue weighted by atomic mass is 16.5. The summed E-state index contributed by atoms with van der Waals surface area (Å²) in [4.78, 5) is 28.4. The van der Waals surface area contributed by atoms with Gasteiger partial charge in [0.1, 0.15) is 5.75 Å². The van der Waals surface area contributed by atoms with Gasteiger partial charge in [-0.05, 0) is 45.3 Å². The lowest BCUT2D eigenvalue weighted by Crippen LogP contribution is -2.46. The van der Waals surface area contributed by atoms with Crippen LogP contribution in [-0.4, -0.2) is 50.1 Å². The normalized spacial score (nSPS) is 15.9. The number of likely N-dealkylation sites (N-methyl/N-ethyl adjacent to an activating group) is 1. The molecule has 1 heterocycles. The Kier molecular flexibility index (Phi) is 5.61. The maximum atomic E-state index is 12.5. The Morgan fingerprint density at radius 1 is 1.11 bits per heavy atom. The van der Waals surface area contributed by atoms with Crippen LogP contribution in [0.4, 0.5) is 21.9 Å². The molecule has 0 saturated carbocycles. The van der Waals surface area contributed by atoms with Crippen LogP contribution in [0.1, 0.15) is 6.92 Å². The summed E-state index contributed by atoms with van der Waals surface area (Å²) < 4.78 is 5.75. The van der Waals surface area contributed by atoms with E-state index in [2.05, 4.69) is 10.6 Å². The van der Waals surface area contributed by atoms with Crippen LogP contribution in [0.3, 0.4) is 0 Å². The van der Waals surface area contributed by atoms with Crippen LogP contribution in [0.2, 0.25) is 0 Å². The number of hydrogen-bond donors (Lipinski definition) is 2. The number of para-hydroxylation sites is 1. The molecule has 2 N–H and O–H groups in total. The molecule has 7 nitrogen and oxygen atoms in total. The average Bonchev–Trinajstić information content (AvgIpc) is 2.62. The van der Waals surface area contributed by atoms with Crippen molar-refractivity contribution in [2.75, 3.05) is 42.7 Å². The zero-order chi connectivity index (χ0) is 19.4. The van der Waals surface area contributed by atoms with Gasteiger partial charge in [0.15, 0.2) is 6.10 Å². The number of carbonyl (C=O) groups excluding carboxylic acids is 2. The fourth-order valence-corrected chi connectivity index (χ4v) is 2.83. The Hall–Kier alpha value is -3.06. The quantitative estimate of drug-likeness (QED) is 0.851. The van der Waals surface area contributed by atoms with Gasteiger partial charge < -0.3 is 25.2 Å². The monoisotopic (exact) mass is 368 g/mol. The number of hydrogen-bond acceptors (Lipinski definition) is 4. The minimum atomic E-state index is -0.562. The summed E-state index contributed by atoms with van der Waals surface area (Å²) in [5.41, 5.74) is 2.02. The maximum absolute atomic E-state index is 12.5. The molecule has 1 atom stereocenters. The molecule has 2 aromatic rings. The molecule has 0 saturated heterocycles. The van der Waals surface area contributed by atoms with Gasteiger partial charge in [-0.1, -0.05) is 18.2 Å². The third-order valence-electron chi connectivity index (χ3n) is 4.23. The van der Waals surface area contributed by atoms with Crippen molar-refractivity contribution in [3.05, 3.63) is 48.5 Å². The standard InChI is InChI=1S/C20H24N4O3/c1-14-19(25)24(12-11-23(2)3)17-10-9-16(13-18(17)27-14)22-20(26)21-15-7-5-4-6-8-15/h4-10,13-14H,11-12H2,1-3H3,(H2,21,22,26). The average molecular weight is 368 g/mol. The number of nitrogens with zero attached hydrogens (tertiary/aromatic N) is 2. The first-order valence-corrected chi connectivity index (χ1v) is 8.84. The Bertz CT molecular complexity index is 823. The first-order valence-electron chi connectivity index (χ1n) is 8.84. The summed E-state index contributed by atoms with van der Waals surface area (Å²) in [5.74, 6) is 0.519. The van der Waals surface area contributed by atoms with Gasteiger partial charge in [-0.2, -0.15) is 0 Å². The second kappa shape index (κ2) is 8.09. The molecule has 0 aliphatic carbocycles. The number of carbonyl (C=O) groups is 2. The van der Waals surface area contributed by atoms with Crippen molar-refractivity contribution >= 4 is 29.0 Å². The molecule has 27 heavy (non-hydrogen) atoms. The molecule has 1 aliphatic heterocycles. The van der Waals surface area contributed by atoms with Crippen LogP contribution in [0.25, 0.3) is 0 Å². The third kappa shape index (κ3) is 4.57. The fourth-order valence-electron chi connectivity index (χ4n) is 2.83. The van der Waals surface area contributed by atoms with E-state index in [1.807, 2.05) is 49.3 Å². The lowest BCUT2D eigenvalue weighted by Gasteiger charge is -2.34. The van der Waals surface area contributed by atoms with Crippen molar-refractivity contribution in [3.8, 4) is 5.75 Å². The smallest absolute Gasteiger partial charge is 0.323 e. The van der Waals surface area contributed by atoms with Crippen LogP contribution < -0.4 is 20.3 Å². The molecule has 2 aromatic carbocycles. The number of fused-ring (bicyclic) bond motifs is 1. The fraction of sp³-hybridized carbons (Fsp3) is 0.300. The Labute approximate surface area is 158 Å². The molecule has 0 aromatic heterocycles. The van der Waals surface area contributed by atoms with E-state index in [1.165, 1.54) is 0 Å². The molecular weight excluding hydrogens is 344 g/mol. The molecule has 142 valence electrons. The van der Waals surface area contributed by atoms with E-state index >= 15 is 0 Å². The molecule has 3 rings (SSSR count). The van der Waals surface area contributed by atoms with Crippen LogP contribution in [-0.2, 0) is 4.79 Å². The second-order valence-corrected chi connectivity index (χ2v) is 6.68. The summed E-state index contributed by atoms with van der Waals surface area (Å²) in [6, 6.07) is 14.2. The van der Waals surface area contributed by atoms with Crippen LogP contribution in [0.5, 0.6) is 5.75 Å². The molecular formula is C20H24N4O3. The number of amides is 3. The van der Waals surface area contributed by atoms with Crippen molar-refractivity contribution in [1.82, 2.24) is 4.90 Å². The van der Waals surface area contributed by atoms with Gasteiger partial charge in [-0.15, -0.1) is 0 Å². The molecule has 0 fully saturated rings. The zero-order valence-electron chi connectivity index (χ0n) is 15.7.